The second-order valence-corrected chi connectivity index (χ2v) is 12.8. The van der Waals surface area contributed by atoms with Crippen LogP contribution in [0.25, 0.3) is 0 Å². The van der Waals surface area contributed by atoms with Gasteiger partial charge in [0.2, 0.25) is 0 Å². The summed E-state index contributed by atoms with van der Waals surface area (Å²) in [4.78, 5) is 24.9. The third-order valence-corrected chi connectivity index (χ3v) is 8.42. The van der Waals surface area contributed by atoms with Crippen molar-refractivity contribution in [3.8, 4) is 0 Å². The Morgan fingerprint density at radius 2 is 1.02 bits per heavy atom. The molecule has 0 unspecified atom stereocenters. The van der Waals surface area contributed by atoms with Gasteiger partial charge in [-0.25, -0.2) is 18.0 Å². The number of esters is 2. The average molecular weight is 673 g/mol. The van der Waals surface area contributed by atoms with Gasteiger partial charge in [0.1, 0.15) is 10.1 Å². The minimum Gasteiger partial charge on any atom is -0.744 e. The van der Waals surface area contributed by atoms with E-state index in [-0.39, 0.29) is 70.2 Å². The third kappa shape index (κ3) is 22.4. The van der Waals surface area contributed by atoms with E-state index in [1.54, 1.807) is 0 Å². The van der Waals surface area contributed by atoms with Crippen LogP contribution in [0, 0.1) is 0 Å². The predicted molar refractivity (Wildman–Crippen MR) is 177 cm³/mol. The van der Waals surface area contributed by atoms with Gasteiger partial charge in [-0.05, 0) is 50.7 Å². The smallest absolute Gasteiger partial charge is 0.744 e. The molecule has 0 atom stereocenters. The normalized spacial score (nSPS) is 11.6. The standard InChI is InChI=1S/C36H58O7S.K/c1-3-5-7-9-11-13-15-17-19-21-23-25-30-42-35(37)32-28-27-29-33(44(39,40)41)34(32)36(38)43-31-26-24-22-20-18-16-14-12-10-8-6-4-2;/h21-24,27-29H,3-20,25-26,30-31H2,1-2H3,(H,39,40,41);/q;+1/p-1/b23-21+,24-22+;. The van der Waals surface area contributed by atoms with Gasteiger partial charge in [-0.1, -0.05) is 134 Å². The molecule has 0 saturated carbocycles. The van der Waals surface area contributed by atoms with Crippen LogP contribution in [0.1, 0.15) is 163 Å². The van der Waals surface area contributed by atoms with E-state index >= 15 is 0 Å². The molecule has 0 spiro atoms. The summed E-state index contributed by atoms with van der Waals surface area (Å²) in [5, 5.41) is 0. The fraction of sp³-hybridized carbons (Fsp3) is 0.667. The second-order valence-electron chi connectivity index (χ2n) is 11.5. The Morgan fingerprint density at radius 3 is 1.47 bits per heavy atom. The number of carbonyl (C=O) groups excluding carboxylic acids is 2. The monoisotopic (exact) mass is 672 g/mol. The maximum Gasteiger partial charge on any atom is 1.00 e. The maximum absolute atomic E-state index is 12.9. The van der Waals surface area contributed by atoms with Crippen molar-refractivity contribution in [2.24, 2.45) is 0 Å². The molecule has 0 bridgehead atoms. The summed E-state index contributed by atoms with van der Waals surface area (Å²) < 4.78 is 46.2. The molecule has 1 rings (SSSR count). The summed E-state index contributed by atoms with van der Waals surface area (Å²) in [5.41, 5.74) is -0.860. The summed E-state index contributed by atoms with van der Waals surface area (Å²) in [7, 11) is -5.02. The minimum absolute atomic E-state index is 0. The summed E-state index contributed by atoms with van der Waals surface area (Å²) >= 11 is 0. The molecule has 0 fully saturated rings. The number of hydrogen-bond acceptors (Lipinski definition) is 7. The van der Waals surface area contributed by atoms with E-state index in [1.807, 2.05) is 18.2 Å². The van der Waals surface area contributed by atoms with Crippen LogP contribution in [0.15, 0.2) is 47.4 Å². The Hall–Kier alpha value is -0.814. The molecule has 7 nitrogen and oxygen atoms in total. The van der Waals surface area contributed by atoms with E-state index in [1.165, 1.54) is 102 Å². The van der Waals surface area contributed by atoms with Gasteiger partial charge < -0.3 is 14.0 Å². The number of rotatable bonds is 27. The van der Waals surface area contributed by atoms with E-state index < -0.39 is 32.5 Å². The van der Waals surface area contributed by atoms with Gasteiger partial charge in [0.15, 0.2) is 0 Å². The molecule has 0 aliphatic rings. The van der Waals surface area contributed by atoms with Crippen molar-refractivity contribution >= 4 is 22.1 Å². The first-order valence-corrected chi connectivity index (χ1v) is 18.5. The topological polar surface area (TPSA) is 110 Å². The number of ether oxygens (including phenoxy) is 2. The van der Waals surface area contributed by atoms with Crippen molar-refractivity contribution in [2.45, 2.75) is 147 Å². The molecule has 1 aromatic rings. The second kappa shape index (κ2) is 29.3. The zero-order valence-electron chi connectivity index (χ0n) is 28.4. The summed E-state index contributed by atoms with van der Waals surface area (Å²) in [6.45, 7) is 4.51. The maximum atomic E-state index is 12.9. The van der Waals surface area contributed by atoms with Crippen LogP contribution in [0.3, 0.4) is 0 Å². The number of carbonyl (C=O) groups is 2. The van der Waals surface area contributed by atoms with Crippen molar-refractivity contribution in [1.82, 2.24) is 0 Å². The minimum atomic E-state index is -5.02. The predicted octanol–water partition coefficient (Wildman–Crippen LogP) is 6.86. The average Bonchev–Trinajstić information content (AvgIpc) is 3.00. The van der Waals surface area contributed by atoms with Crippen molar-refractivity contribution in [3.05, 3.63) is 53.6 Å². The Kier molecular flexibility index (Phi) is 28.8. The first-order valence-electron chi connectivity index (χ1n) is 17.1. The molecule has 0 N–H and O–H groups in total. The van der Waals surface area contributed by atoms with E-state index in [2.05, 4.69) is 19.9 Å². The van der Waals surface area contributed by atoms with Crippen molar-refractivity contribution in [1.29, 1.82) is 0 Å². The Balaban J connectivity index is 0.0000194. The van der Waals surface area contributed by atoms with Crippen molar-refractivity contribution < 1.29 is 83.4 Å². The molecule has 9 heteroatoms. The molecule has 1 aromatic carbocycles. The van der Waals surface area contributed by atoms with Crippen LogP contribution in [0.2, 0.25) is 0 Å². The number of unbranched alkanes of at least 4 members (excludes halogenated alkanes) is 16. The van der Waals surface area contributed by atoms with Crippen LogP contribution in [0.5, 0.6) is 0 Å². The quantitative estimate of drug-likeness (QED) is 0.0330. The molecule has 0 aliphatic heterocycles. The molecule has 45 heavy (non-hydrogen) atoms. The van der Waals surface area contributed by atoms with Crippen LogP contribution >= 0.6 is 0 Å². The molecule has 0 heterocycles. The van der Waals surface area contributed by atoms with Gasteiger partial charge >= 0.3 is 63.3 Å². The molecule has 0 amide bonds. The molecule has 250 valence electrons. The van der Waals surface area contributed by atoms with E-state index in [4.69, 9.17) is 9.47 Å². The fourth-order valence-corrected chi connectivity index (χ4v) is 5.66. The van der Waals surface area contributed by atoms with E-state index in [0.29, 0.717) is 12.8 Å². The summed E-state index contributed by atoms with van der Waals surface area (Å²) in [6.07, 6.45) is 31.0. The van der Waals surface area contributed by atoms with Gasteiger partial charge in [-0.2, -0.15) is 0 Å². The first kappa shape index (κ1) is 44.2. The third-order valence-electron chi connectivity index (χ3n) is 7.54. The Morgan fingerprint density at radius 1 is 0.622 bits per heavy atom. The van der Waals surface area contributed by atoms with Crippen molar-refractivity contribution in [2.75, 3.05) is 13.2 Å². The molecule has 0 radical (unpaired) electrons. The fourth-order valence-electron chi connectivity index (χ4n) is 4.97. The van der Waals surface area contributed by atoms with E-state index in [9.17, 15) is 22.6 Å². The van der Waals surface area contributed by atoms with Crippen molar-refractivity contribution in [3.63, 3.8) is 0 Å². The largest absolute Gasteiger partial charge is 1.00 e. The van der Waals surface area contributed by atoms with Gasteiger partial charge in [0.25, 0.3) is 0 Å². The molecule has 0 aromatic heterocycles. The van der Waals surface area contributed by atoms with Crippen LogP contribution in [-0.2, 0) is 19.6 Å². The summed E-state index contributed by atoms with van der Waals surface area (Å²) in [5.74, 6) is -1.90. The number of benzene rings is 1. The van der Waals surface area contributed by atoms with Gasteiger partial charge in [0.05, 0.1) is 29.2 Å². The van der Waals surface area contributed by atoms with Gasteiger partial charge in [-0.3, -0.25) is 0 Å². The van der Waals surface area contributed by atoms with Gasteiger partial charge in [0, 0.05) is 0 Å². The van der Waals surface area contributed by atoms with Crippen LogP contribution < -0.4 is 51.4 Å². The van der Waals surface area contributed by atoms with E-state index in [0.717, 1.165) is 31.7 Å². The number of hydrogen-bond donors (Lipinski definition) is 0. The Labute approximate surface area is 316 Å². The zero-order valence-corrected chi connectivity index (χ0v) is 32.3. The van der Waals surface area contributed by atoms with Crippen LogP contribution in [-0.4, -0.2) is 38.1 Å². The molecular weight excluding hydrogens is 616 g/mol. The molecule has 0 saturated heterocycles. The number of allylic oxidation sites excluding steroid dienone is 2. The van der Waals surface area contributed by atoms with Gasteiger partial charge in [-0.15, -0.1) is 0 Å². The van der Waals surface area contributed by atoms with Crippen LogP contribution in [0.4, 0.5) is 0 Å². The molecule has 0 aliphatic carbocycles. The SMILES string of the molecule is CCCCCCCCCC/C=C/CCOC(=O)c1cccc(S(=O)(=O)[O-])c1C(=O)OCC/C=C/CCCCCCCCCC.[K+]. The zero-order chi connectivity index (χ0) is 32.3. The first-order chi connectivity index (χ1) is 21.3. The molecular formula is C36H57KO7S. The summed E-state index contributed by atoms with van der Waals surface area (Å²) in [6, 6.07) is 3.53. The Bertz CT molecular complexity index is 1080.